The Morgan fingerprint density at radius 2 is 2.14 bits per heavy atom. The van der Waals surface area contributed by atoms with E-state index in [1.54, 1.807) is 6.07 Å². The third-order valence-corrected chi connectivity index (χ3v) is 6.75. The van der Waals surface area contributed by atoms with Crippen molar-refractivity contribution in [3.8, 4) is 0 Å². The van der Waals surface area contributed by atoms with Gasteiger partial charge in [-0.25, -0.2) is 12.8 Å². The van der Waals surface area contributed by atoms with E-state index in [-0.39, 0.29) is 10.9 Å². The van der Waals surface area contributed by atoms with E-state index in [0.29, 0.717) is 11.0 Å². The Labute approximate surface area is 135 Å². The monoisotopic (exact) mass is 389 g/mol. The summed E-state index contributed by atoms with van der Waals surface area (Å²) >= 11 is 4.68. The molecule has 21 heavy (non-hydrogen) atoms. The quantitative estimate of drug-likeness (QED) is 0.789. The van der Waals surface area contributed by atoms with Gasteiger partial charge >= 0.3 is 0 Å². The molecule has 1 fully saturated rings. The number of hydrogen-bond donors (Lipinski definition) is 0. The van der Waals surface area contributed by atoms with Crippen LogP contribution in [0.4, 0.5) is 4.39 Å². The average Bonchev–Trinajstić information content (AvgIpc) is 3.09. The van der Waals surface area contributed by atoms with E-state index in [1.165, 1.54) is 27.8 Å². The van der Waals surface area contributed by atoms with Gasteiger partial charge in [0.05, 0.1) is 6.04 Å². The Morgan fingerprint density at radius 1 is 1.33 bits per heavy atom. The first-order valence-corrected chi connectivity index (χ1v) is 9.67. The first-order chi connectivity index (χ1) is 10.00. The van der Waals surface area contributed by atoms with Gasteiger partial charge in [-0.15, -0.1) is 0 Å². The molecule has 0 aliphatic carbocycles. The molecule has 2 heterocycles. The number of halogens is 2. The molecule has 112 valence electrons. The highest BCUT2D eigenvalue weighted by atomic mass is 79.9. The van der Waals surface area contributed by atoms with Crippen molar-refractivity contribution < 1.29 is 12.8 Å². The molecule has 0 spiro atoms. The molecule has 1 aliphatic rings. The van der Waals surface area contributed by atoms with Crippen molar-refractivity contribution in [1.29, 1.82) is 0 Å². The lowest BCUT2D eigenvalue weighted by molar-refractivity contribution is 0.394. The van der Waals surface area contributed by atoms with E-state index in [0.717, 1.165) is 18.4 Å². The summed E-state index contributed by atoms with van der Waals surface area (Å²) in [5, 5.41) is 3.88. The van der Waals surface area contributed by atoms with Crippen molar-refractivity contribution in [3.63, 3.8) is 0 Å². The molecule has 0 saturated carbocycles. The van der Waals surface area contributed by atoms with Gasteiger partial charge in [-0.1, -0.05) is 15.9 Å². The molecular weight excluding hydrogens is 377 g/mol. The van der Waals surface area contributed by atoms with E-state index in [1.807, 2.05) is 16.8 Å². The zero-order chi connectivity index (χ0) is 15.0. The molecular formula is C14H13BrFNO2S2. The molecule has 3 nitrogen and oxygen atoms in total. The van der Waals surface area contributed by atoms with Crippen molar-refractivity contribution in [2.45, 2.75) is 23.8 Å². The van der Waals surface area contributed by atoms with E-state index in [2.05, 4.69) is 15.9 Å². The van der Waals surface area contributed by atoms with E-state index < -0.39 is 15.8 Å². The summed E-state index contributed by atoms with van der Waals surface area (Å²) in [5.74, 6) is -0.722. The molecule has 0 N–H and O–H groups in total. The summed E-state index contributed by atoms with van der Waals surface area (Å²) < 4.78 is 41.5. The zero-order valence-corrected chi connectivity index (χ0v) is 14.2. The van der Waals surface area contributed by atoms with Gasteiger partial charge in [0.25, 0.3) is 0 Å². The first kappa shape index (κ1) is 15.1. The molecule has 2 aromatic rings. The van der Waals surface area contributed by atoms with Gasteiger partial charge in [0.15, 0.2) is 0 Å². The van der Waals surface area contributed by atoms with Crippen LogP contribution >= 0.6 is 27.3 Å². The lowest BCUT2D eigenvalue weighted by Crippen LogP contribution is -2.31. The SMILES string of the molecule is O=S(=O)(c1ccc(Br)cc1F)N1CCCC1c1ccsc1. The van der Waals surface area contributed by atoms with Crippen LogP contribution in [0.2, 0.25) is 0 Å². The minimum Gasteiger partial charge on any atom is -0.207 e. The number of nitrogens with zero attached hydrogens (tertiary/aromatic N) is 1. The third kappa shape index (κ3) is 2.79. The summed E-state index contributed by atoms with van der Waals surface area (Å²) in [4.78, 5) is -0.257. The fourth-order valence-electron chi connectivity index (χ4n) is 2.64. The van der Waals surface area contributed by atoms with Crippen LogP contribution in [0.25, 0.3) is 0 Å². The molecule has 0 radical (unpaired) electrons. The lowest BCUT2D eigenvalue weighted by Gasteiger charge is -2.23. The molecule has 1 unspecified atom stereocenters. The molecule has 3 rings (SSSR count). The van der Waals surface area contributed by atoms with Crippen LogP contribution in [0.5, 0.6) is 0 Å². The molecule has 1 aromatic carbocycles. The molecule has 1 aromatic heterocycles. The number of sulfonamides is 1. The van der Waals surface area contributed by atoms with Crippen LogP contribution in [-0.2, 0) is 10.0 Å². The summed E-state index contributed by atoms with van der Waals surface area (Å²) in [6.45, 7) is 0.429. The second kappa shape index (κ2) is 5.79. The van der Waals surface area contributed by atoms with E-state index >= 15 is 0 Å². The highest BCUT2D eigenvalue weighted by molar-refractivity contribution is 9.10. The van der Waals surface area contributed by atoms with Gasteiger partial charge in [-0.3, -0.25) is 0 Å². The van der Waals surface area contributed by atoms with Crippen LogP contribution in [0.15, 0.2) is 44.4 Å². The highest BCUT2D eigenvalue weighted by Crippen LogP contribution is 2.38. The van der Waals surface area contributed by atoms with Crippen LogP contribution < -0.4 is 0 Å². The summed E-state index contributed by atoms with van der Waals surface area (Å²) in [5.41, 5.74) is 0.985. The minimum atomic E-state index is -3.82. The van der Waals surface area contributed by atoms with E-state index in [9.17, 15) is 12.8 Å². The molecule has 0 amide bonds. The molecule has 1 atom stereocenters. The largest absolute Gasteiger partial charge is 0.246 e. The Balaban J connectivity index is 2.01. The lowest BCUT2D eigenvalue weighted by atomic mass is 10.1. The number of hydrogen-bond acceptors (Lipinski definition) is 3. The van der Waals surface area contributed by atoms with Crippen molar-refractivity contribution in [2.24, 2.45) is 0 Å². The second-order valence-electron chi connectivity index (χ2n) is 4.91. The maximum Gasteiger partial charge on any atom is 0.246 e. The maximum absolute atomic E-state index is 14.0. The predicted octanol–water partition coefficient (Wildman–Crippen LogP) is 4.18. The summed E-state index contributed by atoms with van der Waals surface area (Å²) in [7, 11) is -3.82. The van der Waals surface area contributed by atoms with Crippen molar-refractivity contribution in [2.75, 3.05) is 6.54 Å². The normalized spacial score (nSPS) is 20.0. The van der Waals surface area contributed by atoms with Gasteiger partial charge in [0, 0.05) is 11.0 Å². The Bertz CT molecular complexity index is 746. The number of rotatable bonds is 3. The topological polar surface area (TPSA) is 37.4 Å². The van der Waals surface area contributed by atoms with Gasteiger partial charge in [-0.2, -0.15) is 15.6 Å². The molecule has 1 aliphatic heterocycles. The maximum atomic E-state index is 14.0. The standard InChI is InChI=1S/C14H13BrFNO2S2/c15-11-3-4-14(12(16)8-11)21(18,19)17-6-1-2-13(17)10-5-7-20-9-10/h3-5,7-9,13H,1-2,6H2. The smallest absolute Gasteiger partial charge is 0.207 e. The Kier molecular flexibility index (Phi) is 4.18. The molecule has 7 heteroatoms. The second-order valence-corrected chi connectivity index (χ2v) is 8.46. The Morgan fingerprint density at radius 3 is 2.81 bits per heavy atom. The Hall–Kier alpha value is -0.760. The predicted molar refractivity (Wildman–Crippen MR) is 84.3 cm³/mol. The zero-order valence-electron chi connectivity index (χ0n) is 11.0. The van der Waals surface area contributed by atoms with Gasteiger partial charge in [-0.05, 0) is 53.4 Å². The summed E-state index contributed by atoms with van der Waals surface area (Å²) in [6.07, 6.45) is 1.56. The number of benzene rings is 1. The highest BCUT2D eigenvalue weighted by Gasteiger charge is 2.37. The van der Waals surface area contributed by atoms with Gasteiger partial charge < -0.3 is 0 Å². The first-order valence-electron chi connectivity index (χ1n) is 6.49. The van der Waals surface area contributed by atoms with Crippen LogP contribution in [0.3, 0.4) is 0 Å². The van der Waals surface area contributed by atoms with Gasteiger partial charge in [0.2, 0.25) is 10.0 Å². The van der Waals surface area contributed by atoms with Crippen LogP contribution in [0, 0.1) is 5.82 Å². The van der Waals surface area contributed by atoms with Crippen LogP contribution in [0.1, 0.15) is 24.4 Å². The molecule has 0 bridgehead atoms. The fourth-order valence-corrected chi connectivity index (χ4v) is 5.41. The van der Waals surface area contributed by atoms with Gasteiger partial charge in [0.1, 0.15) is 10.7 Å². The third-order valence-electron chi connectivity index (χ3n) is 3.61. The average molecular weight is 390 g/mol. The number of thiophene rings is 1. The van der Waals surface area contributed by atoms with Crippen molar-refractivity contribution in [1.82, 2.24) is 4.31 Å². The fraction of sp³-hybridized carbons (Fsp3) is 0.286. The minimum absolute atomic E-state index is 0.190. The molecule has 1 saturated heterocycles. The summed E-state index contributed by atoms with van der Waals surface area (Å²) in [6, 6.07) is 5.79. The van der Waals surface area contributed by atoms with Crippen LogP contribution in [-0.4, -0.2) is 19.3 Å². The van der Waals surface area contributed by atoms with Crippen molar-refractivity contribution >= 4 is 37.3 Å². The van der Waals surface area contributed by atoms with E-state index in [4.69, 9.17) is 0 Å². The van der Waals surface area contributed by atoms with Crippen molar-refractivity contribution in [3.05, 3.63) is 50.9 Å².